The molecule has 4 heteroatoms. The van der Waals surface area contributed by atoms with Crippen molar-refractivity contribution in [3.8, 4) is 0 Å². The molecule has 1 aromatic carbocycles. The Bertz CT molecular complexity index is 471. The Kier molecular flexibility index (Phi) is 3.78. The van der Waals surface area contributed by atoms with E-state index in [4.69, 9.17) is 5.73 Å². The minimum Gasteiger partial charge on any atom is -0.369 e. The molecule has 1 aromatic rings. The van der Waals surface area contributed by atoms with E-state index in [0.717, 1.165) is 12.8 Å². The van der Waals surface area contributed by atoms with Gasteiger partial charge in [-0.15, -0.1) is 0 Å². The fourth-order valence-electron chi connectivity index (χ4n) is 2.29. The van der Waals surface area contributed by atoms with Crippen LogP contribution in [0.5, 0.6) is 0 Å². The van der Waals surface area contributed by atoms with E-state index >= 15 is 0 Å². The van der Waals surface area contributed by atoms with Crippen LogP contribution in [-0.2, 0) is 11.2 Å². The van der Waals surface area contributed by atoms with Gasteiger partial charge in [0, 0.05) is 17.1 Å². The highest BCUT2D eigenvalue weighted by molar-refractivity contribution is 9.10. The van der Waals surface area contributed by atoms with Gasteiger partial charge in [-0.2, -0.15) is 0 Å². The number of nitrogens with two attached hydrogens (primary N) is 1. The lowest BCUT2D eigenvalue weighted by atomic mass is 9.92. The van der Waals surface area contributed by atoms with Crippen LogP contribution in [-0.4, -0.2) is 12.5 Å². The largest absolute Gasteiger partial charge is 0.369 e. The van der Waals surface area contributed by atoms with Crippen LogP contribution in [0.1, 0.15) is 37.4 Å². The maximum atomic E-state index is 11.3. The number of rotatable bonds is 4. The first-order chi connectivity index (χ1) is 8.42. The highest BCUT2D eigenvalue weighted by Crippen LogP contribution is 2.35. The zero-order valence-electron chi connectivity index (χ0n) is 10.8. The summed E-state index contributed by atoms with van der Waals surface area (Å²) in [4.78, 5) is 11.3. The average Bonchev–Trinajstić information content (AvgIpc) is 2.71. The third-order valence-corrected chi connectivity index (χ3v) is 4.41. The summed E-state index contributed by atoms with van der Waals surface area (Å²) in [6.45, 7) is 4.36. The average molecular weight is 311 g/mol. The van der Waals surface area contributed by atoms with Crippen molar-refractivity contribution in [1.29, 1.82) is 0 Å². The predicted octanol–water partition coefficient (Wildman–Crippen LogP) is 2.54. The van der Waals surface area contributed by atoms with Crippen LogP contribution in [0.25, 0.3) is 0 Å². The van der Waals surface area contributed by atoms with Gasteiger partial charge in [0.2, 0.25) is 5.91 Å². The molecule has 1 amide bonds. The number of carbonyl (C=O) groups excluding carboxylic acids is 1. The van der Waals surface area contributed by atoms with E-state index in [-0.39, 0.29) is 5.91 Å². The van der Waals surface area contributed by atoms with Gasteiger partial charge in [-0.05, 0) is 43.9 Å². The number of amides is 1. The Hall–Kier alpha value is -0.870. The molecule has 98 valence electrons. The summed E-state index contributed by atoms with van der Waals surface area (Å²) in [5, 5.41) is 3.46. The Balaban J connectivity index is 2.07. The van der Waals surface area contributed by atoms with E-state index in [0.29, 0.717) is 12.6 Å². The van der Waals surface area contributed by atoms with Gasteiger partial charge < -0.3 is 11.1 Å². The van der Waals surface area contributed by atoms with Crippen LogP contribution in [0.3, 0.4) is 0 Å². The maximum Gasteiger partial charge on any atom is 0.224 e. The monoisotopic (exact) mass is 310 g/mol. The molecule has 0 heterocycles. The van der Waals surface area contributed by atoms with Crippen molar-refractivity contribution in [2.75, 3.05) is 6.54 Å². The number of hydrogen-bond acceptors (Lipinski definition) is 2. The highest BCUT2D eigenvalue weighted by atomic mass is 79.9. The van der Waals surface area contributed by atoms with Gasteiger partial charge in [-0.25, -0.2) is 0 Å². The molecule has 1 unspecified atom stereocenters. The van der Waals surface area contributed by atoms with Gasteiger partial charge in [0.05, 0.1) is 5.41 Å². The third kappa shape index (κ3) is 2.59. The summed E-state index contributed by atoms with van der Waals surface area (Å²) in [7, 11) is 0. The summed E-state index contributed by atoms with van der Waals surface area (Å²) in [6.07, 6.45) is 2.15. The minimum absolute atomic E-state index is 0.262. The third-order valence-electron chi connectivity index (χ3n) is 3.67. The fraction of sp³-hybridized carbons (Fsp3) is 0.500. The number of carbonyl (C=O) groups is 1. The molecule has 2 rings (SSSR count). The molecule has 0 radical (unpaired) electrons. The Morgan fingerprint density at radius 3 is 2.94 bits per heavy atom. The first-order valence-corrected chi connectivity index (χ1v) is 7.02. The molecule has 3 N–H and O–H groups in total. The molecule has 0 bridgehead atoms. The second-order valence-electron chi connectivity index (χ2n) is 5.53. The molecule has 0 spiro atoms. The summed E-state index contributed by atoms with van der Waals surface area (Å²) in [5.74, 6) is -0.262. The van der Waals surface area contributed by atoms with E-state index in [1.807, 2.05) is 13.8 Å². The van der Waals surface area contributed by atoms with Gasteiger partial charge in [0.1, 0.15) is 0 Å². The molecule has 0 saturated heterocycles. The smallest absolute Gasteiger partial charge is 0.224 e. The summed E-state index contributed by atoms with van der Waals surface area (Å²) < 4.78 is 1.18. The highest BCUT2D eigenvalue weighted by Gasteiger charge is 2.29. The summed E-state index contributed by atoms with van der Waals surface area (Å²) >= 11 is 3.59. The van der Waals surface area contributed by atoms with Gasteiger partial charge in [-0.1, -0.05) is 28.1 Å². The van der Waals surface area contributed by atoms with Gasteiger partial charge in [0.25, 0.3) is 0 Å². The molecule has 18 heavy (non-hydrogen) atoms. The first-order valence-electron chi connectivity index (χ1n) is 6.22. The molecule has 0 aromatic heterocycles. The van der Waals surface area contributed by atoms with E-state index < -0.39 is 5.41 Å². The number of nitrogens with one attached hydrogen (secondary N) is 1. The molecular weight excluding hydrogens is 292 g/mol. The second-order valence-corrected chi connectivity index (χ2v) is 6.38. The van der Waals surface area contributed by atoms with Crippen LogP contribution in [0.4, 0.5) is 0 Å². The summed E-state index contributed by atoms with van der Waals surface area (Å²) in [5.41, 5.74) is 7.60. The van der Waals surface area contributed by atoms with Crippen molar-refractivity contribution in [3.63, 3.8) is 0 Å². The van der Waals surface area contributed by atoms with E-state index in [1.54, 1.807) is 0 Å². The van der Waals surface area contributed by atoms with Crippen LogP contribution in [0.2, 0.25) is 0 Å². The van der Waals surface area contributed by atoms with Gasteiger partial charge in [0.15, 0.2) is 0 Å². The normalized spacial score (nSPS) is 18.7. The molecule has 1 aliphatic rings. The van der Waals surface area contributed by atoms with Crippen LogP contribution < -0.4 is 11.1 Å². The molecule has 3 nitrogen and oxygen atoms in total. The van der Waals surface area contributed by atoms with Crippen molar-refractivity contribution in [2.24, 2.45) is 11.1 Å². The van der Waals surface area contributed by atoms with Crippen molar-refractivity contribution >= 4 is 21.8 Å². The van der Waals surface area contributed by atoms with E-state index in [2.05, 4.69) is 39.4 Å². The second kappa shape index (κ2) is 5.02. The topological polar surface area (TPSA) is 55.1 Å². The minimum atomic E-state index is -0.505. The first kappa shape index (κ1) is 13.6. The fourth-order valence-corrected chi connectivity index (χ4v) is 2.87. The molecule has 1 atom stereocenters. The van der Waals surface area contributed by atoms with Crippen molar-refractivity contribution in [2.45, 2.75) is 32.7 Å². The Morgan fingerprint density at radius 1 is 1.56 bits per heavy atom. The van der Waals surface area contributed by atoms with Crippen LogP contribution in [0.15, 0.2) is 22.7 Å². The number of halogens is 1. The zero-order valence-corrected chi connectivity index (χ0v) is 12.4. The molecule has 0 fully saturated rings. The van der Waals surface area contributed by atoms with Crippen molar-refractivity contribution < 1.29 is 4.79 Å². The van der Waals surface area contributed by atoms with Gasteiger partial charge >= 0.3 is 0 Å². The molecule has 0 aliphatic heterocycles. The lowest BCUT2D eigenvalue weighted by molar-refractivity contribution is -0.125. The molecular formula is C14H19BrN2O. The Morgan fingerprint density at radius 2 is 2.28 bits per heavy atom. The van der Waals surface area contributed by atoms with Crippen LogP contribution >= 0.6 is 15.9 Å². The van der Waals surface area contributed by atoms with E-state index in [9.17, 15) is 4.79 Å². The van der Waals surface area contributed by atoms with Crippen molar-refractivity contribution in [3.05, 3.63) is 33.8 Å². The lowest BCUT2D eigenvalue weighted by Crippen LogP contribution is -2.41. The summed E-state index contributed by atoms with van der Waals surface area (Å²) in [6, 6.07) is 6.62. The molecule has 1 aliphatic carbocycles. The number of benzene rings is 1. The number of primary amides is 1. The predicted molar refractivity (Wildman–Crippen MR) is 76.2 cm³/mol. The number of hydrogen-bond donors (Lipinski definition) is 2. The Labute approximate surface area is 116 Å². The maximum absolute atomic E-state index is 11.3. The van der Waals surface area contributed by atoms with Crippen LogP contribution in [0, 0.1) is 5.41 Å². The quantitative estimate of drug-likeness (QED) is 0.898. The number of fused-ring (bicyclic) bond motifs is 1. The molecule has 0 saturated carbocycles. The lowest BCUT2D eigenvalue weighted by Gasteiger charge is -2.24. The SMILES string of the molecule is CC(C)(CNC1CCc2c(Br)cccc21)C(N)=O. The standard InChI is InChI=1S/C14H19BrN2O/c1-14(2,13(16)18)8-17-12-7-6-9-10(12)4-3-5-11(9)15/h3-5,12,17H,6-8H2,1-2H3,(H2,16,18). The zero-order chi connectivity index (χ0) is 13.3. The van der Waals surface area contributed by atoms with Crippen molar-refractivity contribution in [1.82, 2.24) is 5.32 Å². The van der Waals surface area contributed by atoms with E-state index in [1.165, 1.54) is 15.6 Å². The van der Waals surface area contributed by atoms with Gasteiger partial charge in [-0.3, -0.25) is 4.79 Å².